The summed E-state index contributed by atoms with van der Waals surface area (Å²) in [7, 11) is 2.05. The first-order valence-corrected chi connectivity index (χ1v) is 4.21. The van der Waals surface area contributed by atoms with Crippen molar-refractivity contribution in [3.05, 3.63) is 12.2 Å². The lowest BCUT2D eigenvalue weighted by molar-refractivity contribution is 0.809. The Morgan fingerprint density at radius 2 is 2.27 bits per heavy atom. The molecule has 2 heteroatoms. The minimum absolute atomic E-state index is 0.601. The fourth-order valence-electron chi connectivity index (χ4n) is 0.884. The van der Waals surface area contributed by atoms with Crippen molar-refractivity contribution in [3.63, 3.8) is 0 Å². The van der Waals surface area contributed by atoms with Crippen molar-refractivity contribution in [2.45, 2.75) is 38.8 Å². The van der Waals surface area contributed by atoms with E-state index in [0.29, 0.717) is 6.32 Å². The second-order valence-electron chi connectivity index (χ2n) is 2.50. The Labute approximate surface area is 70.3 Å². The van der Waals surface area contributed by atoms with E-state index < -0.39 is 0 Å². The largest absolute Gasteiger partial charge is 0.199 e. The van der Waals surface area contributed by atoms with Crippen molar-refractivity contribution in [2.24, 2.45) is 0 Å². The zero-order valence-electron chi connectivity index (χ0n) is 7.21. The van der Waals surface area contributed by atoms with Crippen molar-refractivity contribution < 1.29 is 0 Å². The minimum atomic E-state index is 0.601. The Kier molecular flexibility index (Phi) is 8.70. The first kappa shape index (κ1) is 10.3. The van der Waals surface area contributed by atoms with Crippen LogP contribution >= 0.6 is 0 Å². The molecule has 0 rings (SSSR count). The Bertz CT molecular complexity index is 135. The second kappa shape index (κ2) is 9.29. The van der Waals surface area contributed by atoms with Gasteiger partial charge in [-0.1, -0.05) is 31.3 Å². The van der Waals surface area contributed by atoms with Crippen LogP contribution in [0.3, 0.4) is 0 Å². The standard InChI is InChI=1S/C9H15BN/c1-2-3-4-5-6-7-10-8-9-11/h2-3H,4-8H2,1H3/b3-2+. The van der Waals surface area contributed by atoms with Crippen molar-refractivity contribution in [3.8, 4) is 6.07 Å². The summed E-state index contributed by atoms with van der Waals surface area (Å²) < 4.78 is 0. The van der Waals surface area contributed by atoms with Gasteiger partial charge in [-0.15, -0.1) is 0 Å². The van der Waals surface area contributed by atoms with Crippen LogP contribution in [0.5, 0.6) is 0 Å². The van der Waals surface area contributed by atoms with Gasteiger partial charge < -0.3 is 0 Å². The van der Waals surface area contributed by atoms with E-state index in [4.69, 9.17) is 5.26 Å². The summed E-state index contributed by atoms with van der Waals surface area (Å²) in [6.07, 6.45) is 9.59. The predicted molar refractivity (Wildman–Crippen MR) is 49.6 cm³/mol. The summed E-state index contributed by atoms with van der Waals surface area (Å²) >= 11 is 0. The number of hydrogen-bond acceptors (Lipinski definition) is 1. The molecule has 0 saturated heterocycles. The zero-order chi connectivity index (χ0) is 8.36. The summed E-state index contributed by atoms with van der Waals surface area (Å²) in [6.45, 7) is 2.04. The fraction of sp³-hybridized carbons (Fsp3) is 0.667. The number of unbranched alkanes of at least 4 members (excludes halogenated alkanes) is 2. The van der Waals surface area contributed by atoms with Gasteiger partial charge in [-0.05, 0) is 13.3 Å². The predicted octanol–water partition coefficient (Wildman–Crippen LogP) is 2.80. The van der Waals surface area contributed by atoms with Crippen LogP contribution in [-0.4, -0.2) is 7.28 Å². The molecule has 0 aliphatic heterocycles. The van der Waals surface area contributed by atoms with Gasteiger partial charge in [0.15, 0.2) is 0 Å². The summed E-state index contributed by atoms with van der Waals surface area (Å²) in [4.78, 5) is 0. The minimum Gasteiger partial charge on any atom is -0.199 e. The highest BCUT2D eigenvalue weighted by atomic mass is 14.2. The molecule has 0 heterocycles. The molecular formula is C9H15BN. The van der Waals surface area contributed by atoms with Crippen LogP contribution in [0.2, 0.25) is 12.6 Å². The Hall–Kier alpha value is -0.705. The van der Waals surface area contributed by atoms with Crippen molar-refractivity contribution in [1.29, 1.82) is 5.26 Å². The third-order valence-corrected chi connectivity index (χ3v) is 1.50. The number of nitriles is 1. The normalized spacial score (nSPS) is 9.82. The highest BCUT2D eigenvalue weighted by molar-refractivity contribution is 6.36. The lowest BCUT2D eigenvalue weighted by Gasteiger charge is -1.93. The summed E-state index contributed by atoms with van der Waals surface area (Å²) in [5.41, 5.74) is 0. The van der Waals surface area contributed by atoms with Crippen molar-refractivity contribution in [1.82, 2.24) is 0 Å². The highest BCUT2D eigenvalue weighted by Gasteiger charge is 1.89. The van der Waals surface area contributed by atoms with E-state index in [9.17, 15) is 0 Å². The quantitative estimate of drug-likeness (QED) is 0.322. The molecule has 0 aromatic rings. The van der Waals surface area contributed by atoms with Gasteiger partial charge in [0.2, 0.25) is 0 Å². The van der Waals surface area contributed by atoms with Gasteiger partial charge >= 0.3 is 0 Å². The molecule has 0 aliphatic carbocycles. The molecule has 0 aromatic carbocycles. The highest BCUT2D eigenvalue weighted by Crippen LogP contribution is 2.01. The number of hydrogen-bond donors (Lipinski definition) is 0. The van der Waals surface area contributed by atoms with Gasteiger partial charge in [0.25, 0.3) is 0 Å². The van der Waals surface area contributed by atoms with Crippen LogP contribution < -0.4 is 0 Å². The SMILES string of the molecule is C/C=C/CCCC[B]CC#N. The fourth-order valence-corrected chi connectivity index (χ4v) is 0.884. The maximum absolute atomic E-state index is 8.21. The second-order valence-corrected chi connectivity index (χ2v) is 2.50. The van der Waals surface area contributed by atoms with E-state index in [1.165, 1.54) is 19.3 Å². The maximum atomic E-state index is 8.21. The van der Waals surface area contributed by atoms with E-state index in [-0.39, 0.29) is 0 Å². The first-order chi connectivity index (χ1) is 5.41. The average molecular weight is 148 g/mol. The molecular weight excluding hydrogens is 133 g/mol. The topological polar surface area (TPSA) is 23.8 Å². The molecule has 0 unspecified atom stereocenters. The molecule has 0 N–H and O–H groups in total. The Morgan fingerprint density at radius 1 is 1.45 bits per heavy atom. The zero-order valence-corrected chi connectivity index (χ0v) is 7.21. The Balaban J connectivity index is 2.86. The van der Waals surface area contributed by atoms with Crippen LogP contribution in [-0.2, 0) is 0 Å². The van der Waals surface area contributed by atoms with Gasteiger partial charge in [-0.2, -0.15) is 5.26 Å². The molecule has 11 heavy (non-hydrogen) atoms. The molecule has 0 fully saturated rings. The molecule has 1 nitrogen and oxygen atoms in total. The van der Waals surface area contributed by atoms with Gasteiger partial charge in [0, 0.05) is 6.32 Å². The van der Waals surface area contributed by atoms with Crippen molar-refractivity contribution >= 4 is 7.28 Å². The molecule has 0 aliphatic rings. The maximum Gasteiger partial charge on any atom is 0.128 e. The number of allylic oxidation sites excluding steroid dienone is 2. The van der Waals surface area contributed by atoms with Crippen LogP contribution in [0.4, 0.5) is 0 Å². The monoisotopic (exact) mass is 148 g/mol. The lowest BCUT2D eigenvalue weighted by Crippen LogP contribution is -1.86. The smallest absolute Gasteiger partial charge is 0.128 e. The van der Waals surface area contributed by atoms with Gasteiger partial charge in [0.1, 0.15) is 7.28 Å². The average Bonchev–Trinajstić information content (AvgIpc) is 2.03. The summed E-state index contributed by atoms with van der Waals surface area (Å²) in [5.74, 6) is 0. The third-order valence-electron chi connectivity index (χ3n) is 1.50. The van der Waals surface area contributed by atoms with E-state index >= 15 is 0 Å². The third kappa shape index (κ3) is 9.29. The van der Waals surface area contributed by atoms with E-state index in [2.05, 4.69) is 25.5 Å². The molecule has 0 saturated carbocycles. The van der Waals surface area contributed by atoms with E-state index in [1.54, 1.807) is 0 Å². The molecule has 0 amide bonds. The van der Waals surface area contributed by atoms with E-state index in [1.807, 2.05) is 6.92 Å². The van der Waals surface area contributed by atoms with Crippen LogP contribution in [0.15, 0.2) is 12.2 Å². The number of nitrogens with zero attached hydrogens (tertiary/aromatic N) is 1. The molecule has 0 atom stereocenters. The summed E-state index contributed by atoms with van der Waals surface area (Å²) in [5, 5.41) is 8.21. The summed E-state index contributed by atoms with van der Waals surface area (Å²) in [6, 6.07) is 2.10. The molecule has 0 spiro atoms. The molecule has 1 radical (unpaired) electrons. The van der Waals surface area contributed by atoms with Gasteiger partial charge in [-0.25, -0.2) is 0 Å². The van der Waals surface area contributed by atoms with Crippen LogP contribution in [0.25, 0.3) is 0 Å². The Morgan fingerprint density at radius 3 is 2.91 bits per heavy atom. The van der Waals surface area contributed by atoms with Crippen LogP contribution in [0, 0.1) is 11.3 Å². The molecule has 0 aromatic heterocycles. The number of rotatable bonds is 6. The van der Waals surface area contributed by atoms with Gasteiger partial charge in [-0.3, -0.25) is 0 Å². The van der Waals surface area contributed by atoms with Crippen molar-refractivity contribution in [2.75, 3.05) is 0 Å². The van der Waals surface area contributed by atoms with Gasteiger partial charge in [0.05, 0.1) is 6.07 Å². The first-order valence-electron chi connectivity index (χ1n) is 4.21. The molecule has 0 bridgehead atoms. The lowest BCUT2D eigenvalue weighted by atomic mass is 9.70. The molecule has 59 valence electrons. The van der Waals surface area contributed by atoms with Crippen LogP contribution in [0.1, 0.15) is 26.2 Å². The van der Waals surface area contributed by atoms with E-state index in [0.717, 1.165) is 6.32 Å².